The highest BCUT2D eigenvalue weighted by Gasteiger charge is 2.38. The summed E-state index contributed by atoms with van der Waals surface area (Å²) in [5.74, 6) is 3.70. The fourth-order valence-corrected chi connectivity index (χ4v) is 6.30. The average molecular weight is 381 g/mol. The van der Waals surface area contributed by atoms with Crippen molar-refractivity contribution in [1.29, 1.82) is 0 Å². The zero-order valence-corrected chi connectivity index (χ0v) is 16.8. The van der Waals surface area contributed by atoms with Gasteiger partial charge in [-0.1, -0.05) is 44.0 Å². The molecular formula is C22H28N4S. The van der Waals surface area contributed by atoms with Crippen molar-refractivity contribution >= 4 is 23.3 Å². The Morgan fingerprint density at radius 1 is 1.15 bits per heavy atom. The minimum absolute atomic E-state index is 0.877. The number of rotatable bonds is 4. The summed E-state index contributed by atoms with van der Waals surface area (Å²) in [6.45, 7) is 5.99. The van der Waals surface area contributed by atoms with Gasteiger partial charge in [-0.2, -0.15) is 0 Å². The third-order valence-corrected chi connectivity index (χ3v) is 7.61. The minimum Gasteiger partial charge on any atom is -0.337 e. The number of nitrogens with zero attached hydrogens (tertiary/aromatic N) is 3. The second-order valence-electron chi connectivity index (χ2n) is 8.37. The Hall–Kier alpha value is -1.59. The number of anilines is 2. The summed E-state index contributed by atoms with van der Waals surface area (Å²) in [5, 5.41) is 4.43. The molecule has 2 atom stereocenters. The number of hydrogen-bond donors (Lipinski definition) is 1. The molecule has 5 heteroatoms. The number of nitrogens with one attached hydrogen (secondary N) is 1. The van der Waals surface area contributed by atoms with Gasteiger partial charge in [-0.3, -0.25) is 4.90 Å². The Kier molecular flexibility index (Phi) is 4.82. The average Bonchev–Trinajstić information content (AvgIpc) is 2.67. The number of piperidine rings is 1. The maximum atomic E-state index is 4.42. The van der Waals surface area contributed by atoms with Gasteiger partial charge in [0.2, 0.25) is 0 Å². The lowest BCUT2D eigenvalue weighted by molar-refractivity contribution is 0.0143. The minimum atomic E-state index is 0.877. The molecule has 4 nitrogen and oxygen atoms in total. The lowest BCUT2D eigenvalue weighted by atomic mass is 9.67. The highest BCUT2D eigenvalue weighted by molar-refractivity contribution is 7.99. The molecule has 27 heavy (non-hydrogen) atoms. The van der Waals surface area contributed by atoms with Crippen LogP contribution in [0.3, 0.4) is 0 Å². The van der Waals surface area contributed by atoms with Crippen molar-refractivity contribution in [2.75, 3.05) is 18.4 Å². The summed E-state index contributed by atoms with van der Waals surface area (Å²) in [6.07, 6.45) is 10.6. The van der Waals surface area contributed by atoms with Gasteiger partial charge in [-0.05, 0) is 48.3 Å². The van der Waals surface area contributed by atoms with Crippen LogP contribution in [-0.4, -0.2) is 28.0 Å². The monoisotopic (exact) mass is 380 g/mol. The number of fused-ring (bicyclic) bond motifs is 4. The molecule has 142 valence electrons. The number of hydrogen-bond acceptors (Lipinski definition) is 5. The Bertz CT molecular complexity index is 810. The smallest absolute Gasteiger partial charge is 0.163 e. The van der Waals surface area contributed by atoms with E-state index in [0.29, 0.717) is 0 Å². The predicted octanol–water partition coefficient (Wildman–Crippen LogP) is 5.33. The van der Waals surface area contributed by atoms with Gasteiger partial charge in [-0.15, -0.1) is 0 Å². The molecule has 1 N–H and O–H groups in total. The van der Waals surface area contributed by atoms with Crippen molar-refractivity contribution in [1.82, 2.24) is 14.9 Å². The van der Waals surface area contributed by atoms with Crippen LogP contribution in [0.4, 0.5) is 11.5 Å². The molecular weight excluding hydrogens is 352 g/mol. The van der Waals surface area contributed by atoms with Gasteiger partial charge in [0.15, 0.2) is 5.82 Å². The Labute approximate surface area is 166 Å². The molecule has 1 aromatic heterocycles. The highest BCUT2D eigenvalue weighted by Crippen LogP contribution is 2.44. The van der Waals surface area contributed by atoms with Crippen LogP contribution in [0.5, 0.6) is 0 Å². The summed E-state index contributed by atoms with van der Waals surface area (Å²) in [7, 11) is 0. The van der Waals surface area contributed by atoms with Crippen molar-refractivity contribution < 1.29 is 0 Å². The molecule has 2 fully saturated rings. The van der Waals surface area contributed by atoms with Crippen LogP contribution >= 0.6 is 11.8 Å². The highest BCUT2D eigenvalue weighted by atomic mass is 32.2. The first kappa shape index (κ1) is 17.5. The standard InChI is InChI=1S/C22H28N4S/c1-2-4-18-16-5-3-6-17(18)14-26(13-16)12-15-7-8-20-19(11-15)25-21-22(27-20)24-10-9-23-21/h7-11,16-18H,2-6,12-14H2,1H3,(H,23,25). The van der Waals surface area contributed by atoms with E-state index in [9.17, 15) is 0 Å². The van der Waals surface area contributed by atoms with E-state index in [1.54, 1.807) is 24.2 Å². The molecule has 0 radical (unpaired) electrons. The molecule has 0 spiro atoms. The third-order valence-electron chi connectivity index (χ3n) is 6.54. The van der Waals surface area contributed by atoms with E-state index < -0.39 is 0 Å². The van der Waals surface area contributed by atoms with Crippen LogP contribution < -0.4 is 5.32 Å². The first-order valence-corrected chi connectivity index (χ1v) is 11.2. The fourth-order valence-electron chi connectivity index (χ4n) is 5.42. The summed E-state index contributed by atoms with van der Waals surface area (Å²) in [4.78, 5) is 12.8. The van der Waals surface area contributed by atoms with Crippen LogP contribution in [0.25, 0.3) is 0 Å². The quantitative estimate of drug-likeness (QED) is 0.662. The van der Waals surface area contributed by atoms with Crippen molar-refractivity contribution in [3.8, 4) is 0 Å². The fraction of sp³-hybridized carbons (Fsp3) is 0.545. The van der Waals surface area contributed by atoms with E-state index in [1.165, 1.54) is 61.3 Å². The van der Waals surface area contributed by atoms with Crippen LogP contribution in [0.2, 0.25) is 0 Å². The van der Waals surface area contributed by atoms with Gasteiger partial charge < -0.3 is 5.32 Å². The summed E-state index contributed by atoms with van der Waals surface area (Å²) in [5.41, 5.74) is 2.58. The van der Waals surface area contributed by atoms with Gasteiger partial charge in [0.1, 0.15) is 5.03 Å². The molecule has 1 saturated carbocycles. The van der Waals surface area contributed by atoms with Crippen molar-refractivity contribution in [3.05, 3.63) is 36.2 Å². The number of aromatic nitrogens is 2. The SMILES string of the molecule is CCCC1C2CCCC1CN(Cc1ccc3c(c1)Nc1nccnc1S3)C2. The van der Waals surface area contributed by atoms with Crippen LogP contribution in [-0.2, 0) is 6.54 Å². The molecule has 3 heterocycles. The van der Waals surface area contributed by atoms with Gasteiger partial charge in [-0.25, -0.2) is 9.97 Å². The van der Waals surface area contributed by atoms with Crippen molar-refractivity contribution in [2.24, 2.45) is 17.8 Å². The molecule has 2 bridgehead atoms. The molecule has 3 aliphatic rings. The maximum Gasteiger partial charge on any atom is 0.163 e. The summed E-state index contributed by atoms with van der Waals surface area (Å²) >= 11 is 1.71. The van der Waals surface area contributed by atoms with E-state index in [2.05, 4.69) is 45.3 Å². The maximum absolute atomic E-state index is 4.42. The second kappa shape index (κ2) is 7.44. The summed E-state index contributed by atoms with van der Waals surface area (Å²) in [6, 6.07) is 6.85. The van der Waals surface area contributed by atoms with E-state index in [-0.39, 0.29) is 0 Å². The van der Waals surface area contributed by atoms with E-state index in [0.717, 1.165) is 35.1 Å². The number of benzene rings is 1. The van der Waals surface area contributed by atoms with Gasteiger partial charge in [0, 0.05) is 36.9 Å². The van der Waals surface area contributed by atoms with Gasteiger partial charge in [0.05, 0.1) is 5.69 Å². The third kappa shape index (κ3) is 3.47. The van der Waals surface area contributed by atoms with E-state index in [4.69, 9.17) is 0 Å². The van der Waals surface area contributed by atoms with Crippen molar-refractivity contribution in [2.45, 2.75) is 55.5 Å². The zero-order chi connectivity index (χ0) is 18.2. The van der Waals surface area contributed by atoms with Gasteiger partial charge in [0.25, 0.3) is 0 Å². The summed E-state index contributed by atoms with van der Waals surface area (Å²) < 4.78 is 0. The first-order chi connectivity index (χ1) is 13.3. The lowest BCUT2D eigenvalue weighted by Crippen LogP contribution is -2.48. The Morgan fingerprint density at radius 2 is 1.96 bits per heavy atom. The molecule has 2 aliphatic heterocycles. The molecule has 1 aromatic carbocycles. The van der Waals surface area contributed by atoms with E-state index in [1.807, 2.05) is 0 Å². The van der Waals surface area contributed by atoms with E-state index >= 15 is 0 Å². The molecule has 0 amide bonds. The molecule has 2 aromatic rings. The Balaban J connectivity index is 1.30. The van der Waals surface area contributed by atoms with Gasteiger partial charge >= 0.3 is 0 Å². The van der Waals surface area contributed by atoms with Crippen molar-refractivity contribution in [3.63, 3.8) is 0 Å². The number of likely N-dealkylation sites (tertiary alicyclic amines) is 1. The zero-order valence-electron chi connectivity index (χ0n) is 16.0. The molecule has 2 unspecified atom stereocenters. The Morgan fingerprint density at radius 3 is 2.78 bits per heavy atom. The molecule has 1 saturated heterocycles. The molecule has 1 aliphatic carbocycles. The lowest BCUT2D eigenvalue weighted by Gasteiger charge is -2.47. The van der Waals surface area contributed by atoms with Crippen LogP contribution in [0.1, 0.15) is 44.6 Å². The second-order valence-corrected chi connectivity index (χ2v) is 9.40. The topological polar surface area (TPSA) is 41.0 Å². The first-order valence-electron chi connectivity index (χ1n) is 10.4. The normalized spacial score (nSPS) is 26.8. The predicted molar refractivity (Wildman–Crippen MR) is 110 cm³/mol. The largest absolute Gasteiger partial charge is 0.337 e. The van der Waals surface area contributed by atoms with Crippen LogP contribution in [0.15, 0.2) is 40.5 Å². The molecule has 5 rings (SSSR count). The van der Waals surface area contributed by atoms with Crippen LogP contribution in [0, 0.1) is 17.8 Å².